The first-order chi connectivity index (χ1) is 7.83. The molecule has 0 aliphatic carbocycles. The zero-order valence-corrected chi connectivity index (χ0v) is 9.22. The van der Waals surface area contributed by atoms with Crippen LogP contribution >= 0.6 is 0 Å². The van der Waals surface area contributed by atoms with Crippen LogP contribution in [0.25, 0.3) is 5.69 Å². The summed E-state index contributed by atoms with van der Waals surface area (Å²) in [4.78, 5) is 3.96. The lowest BCUT2D eigenvalue weighted by atomic mass is 9.98. The molecule has 2 aromatic rings. The average molecular weight is 214 g/mol. The second kappa shape index (κ2) is 3.63. The van der Waals surface area contributed by atoms with Gasteiger partial charge < -0.3 is 5.32 Å². The van der Waals surface area contributed by atoms with E-state index in [0.29, 0.717) is 6.04 Å². The molecule has 82 valence electrons. The highest BCUT2D eigenvalue weighted by atomic mass is 15.3. The fraction of sp³-hybridized carbons (Fsp3) is 0.333. The predicted molar refractivity (Wildman–Crippen MR) is 62.8 cm³/mol. The number of nitrogens with zero attached hydrogens (tertiary/aromatic N) is 3. The van der Waals surface area contributed by atoms with Crippen molar-refractivity contribution in [2.75, 3.05) is 5.32 Å². The van der Waals surface area contributed by atoms with Crippen LogP contribution in [0.15, 0.2) is 30.9 Å². The van der Waals surface area contributed by atoms with Crippen molar-refractivity contribution in [2.24, 2.45) is 0 Å². The summed E-state index contributed by atoms with van der Waals surface area (Å²) < 4.78 is 1.79. The maximum atomic E-state index is 4.14. The number of anilines is 1. The van der Waals surface area contributed by atoms with E-state index in [1.165, 1.54) is 17.7 Å². The minimum absolute atomic E-state index is 0.574. The molecule has 3 rings (SSSR count). The predicted octanol–water partition coefficient (Wildman–Crippen LogP) is 2.01. The molecular weight excluding hydrogens is 200 g/mol. The van der Waals surface area contributed by atoms with Crippen molar-refractivity contribution in [3.63, 3.8) is 0 Å². The van der Waals surface area contributed by atoms with Crippen molar-refractivity contribution in [2.45, 2.75) is 25.8 Å². The van der Waals surface area contributed by atoms with Gasteiger partial charge in [0.05, 0.1) is 5.69 Å². The third-order valence-corrected chi connectivity index (χ3v) is 3.02. The molecule has 4 heteroatoms. The fourth-order valence-corrected chi connectivity index (χ4v) is 2.12. The second-order valence-electron chi connectivity index (χ2n) is 4.27. The van der Waals surface area contributed by atoms with Gasteiger partial charge in [0, 0.05) is 11.7 Å². The van der Waals surface area contributed by atoms with Gasteiger partial charge in [-0.1, -0.05) is 0 Å². The number of fused-ring (bicyclic) bond motifs is 1. The van der Waals surface area contributed by atoms with E-state index in [-0.39, 0.29) is 0 Å². The molecule has 1 aliphatic rings. The highest BCUT2D eigenvalue weighted by Gasteiger charge is 2.14. The van der Waals surface area contributed by atoms with E-state index in [4.69, 9.17) is 0 Å². The van der Waals surface area contributed by atoms with Crippen LogP contribution in [0.1, 0.15) is 18.9 Å². The SMILES string of the molecule is CC1CCc2cc(-n3cncn3)ccc2N1. The number of rotatable bonds is 1. The summed E-state index contributed by atoms with van der Waals surface area (Å²) in [6.07, 6.45) is 5.60. The zero-order valence-electron chi connectivity index (χ0n) is 9.22. The minimum atomic E-state index is 0.574. The zero-order chi connectivity index (χ0) is 11.0. The van der Waals surface area contributed by atoms with Gasteiger partial charge in [-0.05, 0) is 43.5 Å². The Morgan fingerprint density at radius 2 is 2.38 bits per heavy atom. The van der Waals surface area contributed by atoms with Gasteiger partial charge in [0.2, 0.25) is 0 Å². The monoisotopic (exact) mass is 214 g/mol. The van der Waals surface area contributed by atoms with Crippen LogP contribution in [-0.4, -0.2) is 20.8 Å². The van der Waals surface area contributed by atoms with Gasteiger partial charge in [-0.15, -0.1) is 0 Å². The molecule has 4 nitrogen and oxygen atoms in total. The van der Waals surface area contributed by atoms with Gasteiger partial charge >= 0.3 is 0 Å². The van der Waals surface area contributed by atoms with E-state index in [9.17, 15) is 0 Å². The van der Waals surface area contributed by atoms with Crippen LogP contribution in [0.3, 0.4) is 0 Å². The van der Waals surface area contributed by atoms with E-state index in [1.54, 1.807) is 17.3 Å². The first-order valence-electron chi connectivity index (χ1n) is 5.57. The first-order valence-corrected chi connectivity index (χ1v) is 5.57. The summed E-state index contributed by atoms with van der Waals surface area (Å²) in [7, 11) is 0. The Bertz CT molecular complexity index is 490. The molecule has 0 spiro atoms. The van der Waals surface area contributed by atoms with Gasteiger partial charge in [0.25, 0.3) is 0 Å². The van der Waals surface area contributed by atoms with E-state index in [1.807, 2.05) is 0 Å². The summed E-state index contributed by atoms with van der Waals surface area (Å²) in [5.41, 5.74) is 3.70. The smallest absolute Gasteiger partial charge is 0.138 e. The van der Waals surface area contributed by atoms with E-state index < -0.39 is 0 Å². The molecule has 2 heterocycles. The van der Waals surface area contributed by atoms with Crippen LogP contribution in [0, 0.1) is 0 Å². The van der Waals surface area contributed by atoms with Gasteiger partial charge in [-0.3, -0.25) is 0 Å². The Morgan fingerprint density at radius 1 is 1.44 bits per heavy atom. The van der Waals surface area contributed by atoms with Crippen molar-refractivity contribution >= 4 is 5.69 Å². The number of hydrogen-bond acceptors (Lipinski definition) is 3. The second-order valence-corrected chi connectivity index (χ2v) is 4.27. The van der Waals surface area contributed by atoms with Gasteiger partial charge in [0.1, 0.15) is 12.7 Å². The Balaban J connectivity index is 2.00. The molecule has 1 aromatic carbocycles. The molecule has 1 atom stereocenters. The molecule has 1 N–H and O–H groups in total. The largest absolute Gasteiger partial charge is 0.382 e. The van der Waals surface area contributed by atoms with Gasteiger partial charge in [-0.2, -0.15) is 5.10 Å². The van der Waals surface area contributed by atoms with Crippen molar-refractivity contribution in [3.05, 3.63) is 36.4 Å². The summed E-state index contributed by atoms with van der Waals surface area (Å²) >= 11 is 0. The standard InChI is InChI=1S/C12H14N4/c1-9-2-3-10-6-11(4-5-12(10)15-9)16-8-13-7-14-16/h4-9,15H,2-3H2,1H3. The van der Waals surface area contributed by atoms with Crippen LogP contribution < -0.4 is 5.32 Å². The Labute approximate surface area is 94.3 Å². The molecule has 0 bridgehead atoms. The van der Waals surface area contributed by atoms with Crippen molar-refractivity contribution in [1.82, 2.24) is 14.8 Å². The molecule has 0 radical (unpaired) electrons. The highest BCUT2D eigenvalue weighted by molar-refractivity contribution is 5.57. The molecule has 1 aliphatic heterocycles. The van der Waals surface area contributed by atoms with Crippen LogP contribution in [0.4, 0.5) is 5.69 Å². The highest BCUT2D eigenvalue weighted by Crippen LogP contribution is 2.26. The molecular formula is C12H14N4. The Kier molecular flexibility index (Phi) is 2.13. The Hall–Kier alpha value is -1.84. The Morgan fingerprint density at radius 3 is 3.19 bits per heavy atom. The number of hydrogen-bond donors (Lipinski definition) is 1. The lowest BCUT2D eigenvalue weighted by Gasteiger charge is -2.24. The number of aryl methyl sites for hydroxylation is 1. The molecule has 0 saturated heterocycles. The number of aromatic nitrogens is 3. The lowest BCUT2D eigenvalue weighted by molar-refractivity contribution is 0.680. The van der Waals surface area contributed by atoms with Crippen molar-refractivity contribution in [3.8, 4) is 5.69 Å². The third kappa shape index (κ3) is 1.56. The molecule has 0 saturated carbocycles. The molecule has 16 heavy (non-hydrogen) atoms. The van der Waals surface area contributed by atoms with Crippen LogP contribution in [0.2, 0.25) is 0 Å². The average Bonchev–Trinajstić information content (AvgIpc) is 2.82. The normalized spacial score (nSPS) is 18.9. The van der Waals surface area contributed by atoms with Crippen LogP contribution in [0.5, 0.6) is 0 Å². The maximum absolute atomic E-state index is 4.14. The van der Waals surface area contributed by atoms with Gasteiger partial charge in [-0.25, -0.2) is 9.67 Å². The fourth-order valence-electron chi connectivity index (χ4n) is 2.12. The quantitative estimate of drug-likeness (QED) is 0.789. The summed E-state index contributed by atoms with van der Waals surface area (Å²) in [6, 6.07) is 6.95. The lowest BCUT2D eigenvalue weighted by Crippen LogP contribution is -2.21. The minimum Gasteiger partial charge on any atom is -0.382 e. The van der Waals surface area contributed by atoms with Crippen molar-refractivity contribution < 1.29 is 0 Å². The third-order valence-electron chi connectivity index (χ3n) is 3.02. The maximum Gasteiger partial charge on any atom is 0.138 e. The number of benzene rings is 1. The topological polar surface area (TPSA) is 42.7 Å². The van der Waals surface area contributed by atoms with Crippen LogP contribution in [-0.2, 0) is 6.42 Å². The first kappa shape index (κ1) is 9.39. The summed E-state index contributed by atoms with van der Waals surface area (Å²) in [5, 5.41) is 7.62. The molecule has 1 unspecified atom stereocenters. The van der Waals surface area contributed by atoms with E-state index in [2.05, 4.69) is 40.5 Å². The summed E-state index contributed by atoms with van der Waals surface area (Å²) in [6.45, 7) is 2.22. The van der Waals surface area contributed by atoms with Gasteiger partial charge in [0.15, 0.2) is 0 Å². The molecule has 0 fully saturated rings. The van der Waals surface area contributed by atoms with E-state index in [0.717, 1.165) is 12.1 Å². The molecule has 0 amide bonds. The van der Waals surface area contributed by atoms with E-state index >= 15 is 0 Å². The molecule has 1 aromatic heterocycles. The number of nitrogens with one attached hydrogen (secondary N) is 1. The summed E-state index contributed by atoms with van der Waals surface area (Å²) in [5.74, 6) is 0. The van der Waals surface area contributed by atoms with Crippen molar-refractivity contribution in [1.29, 1.82) is 0 Å².